The summed E-state index contributed by atoms with van der Waals surface area (Å²) in [6.45, 7) is 11.0. The van der Waals surface area contributed by atoms with E-state index in [0.717, 1.165) is 31.5 Å². The number of carbonyl (C=O) groups excluding carboxylic acids is 2. The summed E-state index contributed by atoms with van der Waals surface area (Å²) in [4.78, 5) is 29.9. The molecule has 1 aliphatic carbocycles. The molecule has 0 aromatic heterocycles. The highest BCUT2D eigenvalue weighted by Gasteiger charge is 2.42. The van der Waals surface area contributed by atoms with Gasteiger partial charge in [0, 0.05) is 42.9 Å². The molecule has 34 heavy (non-hydrogen) atoms. The molecule has 0 aromatic carbocycles. The van der Waals surface area contributed by atoms with Gasteiger partial charge in [-0.05, 0) is 69.7 Å². The normalized spacial score (nSPS) is 26.0. The molecule has 8 heteroatoms. The van der Waals surface area contributed by atoms with Crippen LogP contribution in [0.3, 0.4) is 0 Å². The highest BCUT2D eigenvalue weighted by Crippen LogP contribution is 2.31. The van der Waals surface area contributed by atoms with Gasteiger partial charge >= 0.3 is 6.09 Å². The van der Waals surface area contributed by atoms with Crippen LogP contribution < -0.4 is 5.32 Å². The van der Waals surface area contributed by atoms with Gasteiger partial charge in [-0.3, -0.25) is 4.79 Å². The van der Waals surface area contributed by atoms with Gasteiger partial charge in [0.1, 0.15) is 11.9 Å². The van der Waals surface area contributed by atoms with Crippen molar-refractivity contribution in [2.45, 2.75) is 45.3 Å². The Morgan fingerprint density at radius 3 is 2.68 bits per heavy atom. The summed E-state index contributed by atoms with van der Waals surface area (Å²) in [5.74, 6) is 0.318. The molecule has 0 saturated carbocycles. The van der Waals surface area contributed by atoms with Crippen LogP contribution >= 0.6 is 11.6 Å². The summed E-state index contributed by atoms with van der Waals surface area (Å²) in [7, 11) is 0. The van der Waals surface area contributed by atoms with Gasteiger partial charge in [0.15, 0.2) is 0 Å². The average molecular weight is 492 g/mol. The van der Waals surface area contributed by atoms with Crippen molar-refractivity contribution in [3.05, 3.63) is 59.4 Å². The number of halogens is 2. The fourth-order valence-electron chi connectivity index (χ4n) is 4.69. The molecule has 3 rings (SSSR count). The first kappa shape index (κ1) is 26.2. The number of allylic oxidation sites excluding steroid dienone is 7. The van der Waals surface area contributed by atoms with Gasteiger partial charge in [0.25, 0.3) is 0 Å². The molecular weight excluding hydrogens is 457 g/mol. The van der Waals surface area contributed by atoms with Crippen LogP contribution in [0, 0.1) is 11.8 Å². The quantitative estimate of drug-likeness (QED) is 0.524. The lowest BCUT2D eigenvalue weighted by molar-refractivity contribution is -0.135. The number of rotatable bonds is 7. The van der Waals surface area contributed by atoms with Crippen molar-refractivity contribution in [2.75, 3.05) is 32.7 Å². The number of carbonyl (C=O) groups is 2. The maximum Gasteiger partial charge on any atom is 0.415 e. The van der Waals surface area contributed by atoms with E-state index < -0.39 is 12.3 Å². The van der Waals surface area contributed by atoms with Crippen LogP contribution in [0.1, 0.15) is 33.1 Å². The van der Waals surface area contributed by atoms with Gasteiger partial charge in [-0.25, -0.2) is 9.18 Å². The van der Waals surface area contributed by atoms with Gasteiger partial charge in [0.05, 0.1) is 6.04 Å². The van der Waals surface area contributed by atoms with Gasteiger partial charge in [-0.2, -0.15) is 0 Å². The van der Waals surface area contributed by atoms with Crippen molar-refractivity contribution >= 4 is 23.6 Å². The Balaban J connectivity index is 1.79. The Bertz CT molecular complexity index is 892. The summed E-state index contributed by atoms with van der Waals surface area (Å²) in [5, 5.41) is 3.89. The van der Waals surface area contributed by atoms with Crippen molar-refractivity contribution in [3.63, 3.8) is 0 Å². The predicted octanol–water partition coefficient (Wildman–Crippen LogP) is 4.71. The second kappa shape index (κ2) is 12.4. The van der Waals surface area contributed by atoms with E-state index in [1.165, 1.54) is 12.2 Å². The zero-order valence-corrected chi connectivity index (χ0v) is 20.8. The monoisotopic (exact) mass is 491 g/mol. The number of nitrogens with zero attached hydrogens (tertiary/aromatic N) is 2. The van der Waals surface area contributed by atoms with Gasteiger partial charge in [-0.15, -0.1) is 0 Å². The van der Waals surface area contributed by atoms with Gasteiger partial charge in [0.2, 0.25) is 5.91 Å². The van der Waals surface area contributed by atoms with Crippen LogP contribution in [0.2, 0.25) is 0 Å². The molecule has 2 heterocycles. The number of ether oxygens (including phenoxy) is 1. The van der Waals surface area contributed by atoms with E-state index in [1.54, 1.807) is 23.1 Å². The van der Waals surface area contributed by atoms with Crippen LogP contribution in [-0.2, 0) is 9.53 Å². The number of piperidine rings is 1. The zero-order chi connectivity index (χ0) is 24.7. The molecule has 0 aromatic rings. The smallest absolute Gasteiger partial charge is 0.411 e. The molecule has 2 fully saturated rings. The first-order valence-corrected chi connectivity index (χ1v) is 12.4. The van der Waals surface area contributed by atoms with Crippen LogP contribution in [0.4, 0.5) is 9.18 Å². The molecule has 2 aliphatic heterocycles. The molecule has 0 spiro atoms. The summed E-state index contributed by atoms with van der Waals surface area (Å²) in [6.07, 6.45) is 10.1. The highest BCUT2D eigenvalue weighted by molar-refractivity contribution is 6.31. The molecule has 3 atom stereocenters. The molecular formula is C26H35ClFN3O3. The number of hydrogen-bond donors (Lipinski definition) is 1. The lowest BCUT2D eigenvalue weighted by Gasteiger charge is -2.31. The van der Waals surface area contributed by atoms with E-state index in [-0.39, 0.29) is 30.2 Å². The molecule has 0 radical (unpaired) electrons. The fourth-order valence-corrected chi connectivity index (χ4v) is 4.75. The predicted molar refractivity (Wildman–Crippen MR) is 133 cm³/mol. The fraction of sp³-hybridized carbons (Fsp3) is 0.538. The Labute approximate surface area is 206 Å². The maximum absolute atomic E-state index is 13.4. The number of likely N-dealkylation sites (N-methyl/N-ethyl adjacent to an activating group) is 1. The maximum atomic E-state index is 13.4. The highest BCUT2D eigenvalue weighted by atomic mass is 35.5. The molecule has 0 unspecified atom stereocenters. The molecule has 2 saturated heterocycles. The second-order valence-electron chi connectivity index (χ2n) is 8.89. The minimum Gasteiger partial charge on any atom is -0.411 e. The van der Waals surface area contributed by atoms with E-state index in [4.69, 9.17) is 16.3 Å². The minimum absolute atomic E-state index is 0.00451. The topological polar surface area (TPSA) is 61.9 Å². The third-order valence-electron chi connectivity index (χ3n) is 6.69. The van der Waals surface area contributed by atoms with Crippen molar-refractivity contribution in [1.82, 2.24) is 15.1 Å². The standard InChI is InChI=1S/C26H35ClFN3O3/c1-4-20(27)7-6-18(3)23-16-30(25(32)19-12-14-29-15-13-19)17-24(23)31(5-2)26(33)34-22-10-8-21(28)9-11-22/h4,6-8,10-11,19,21,23-24,29H,3,5,9,12-17H2,1-2H3/b7-6-,20-4+/t21-,23-,24+/m1/s1. The summed E-state index contributed by atoms with van der Waals surface area (Å²) < 4.78 is 18.9. The van der Waals surface area contributed by atoms with Gasteiger partial charge in [-0.1, -0.05) is 30.3 Å². The first-order chi connectivity index (χ1) is 16.3. The number of nitrogens with one attached hydrogen (secondary N) is 1. The summed E-state index contributed by atoms with van der Waals surface area (Å²) in [6, 6.07) is -0.285. The largest absolute Gasteiger partial charge is 0.415 e. The first-order valence-electron chi connectivity index (χ1n) is 12.0. The number of amides is 2. The minimum atomic E-state index is -1.06. The van der Waals surface area contributed by atoms with Crippen molar-refractivity contribution in [2.24, 2.45) is 11.8 Å². The van der Waals surface area contributed by atoms with E-state index >= 15 is 0 Å². The van der Waals surface area contributed by atoms with E-state index in [2.05, 4.69) is 11.9 Å². The van der Waals surface area contributed by atoms with E-state index in [0.29, 0.717) is 30.4 Å². The summed E-state index contributed by atoms with van der Waals surface area (Å²) in [5.41, 5.74) is 0.800. The lowest BCUT2D eigenvalue weighted by atomic mass is 9.93. The summed E-state index contributed by atoms with van der Waals surface area (Å²) >= 11 is 6.13. The number of likely N-dealkylation sites (tertiary alicyclic amines) is 1. The Morgan fingerprint density at radius 1 is 1.32 bits per heavy atom. The number of hydrogen-bond acceptors (Lipinski definition) is 4. The Kier molecular flexibility index (Phi) is 9.54. The molecule has 6 nitrogen and oxygen atoms in total. The molecule has 186 valence electrons. The number of alkyl halides is 1. The van der Waals surface area contributed by atoms with Crippen LogP contribution in [0.5, 0.6) is 0 Å². The third-order valence-corrected chi connectivity index (χ3v) is 7.04. The molecule has 2 amide bonds. The second-order valence-corrected chi connectivity index (χ2v) is 9.33. The van der Waals surface area contributed by atoms with Crippen LogP contribution in [-0.4, -0.2) is 66.7 Å². The third kappa shape index (κ3) is 6.60. The Morgan fingerprint density at radius 2 is 2.06 bits per heavy atom. The lowest BCUT2D eigenvalue weighted by Crippen LogP contribution is -2.46. The SMILES string of the molecule is C=C(/C=C\C(Cl)=C/C)[C@H]1CN(C(=O)C2CCNCC2)C[C@@H]1N(CC)C(=O)OC1=CC[C@H](F)C=C1. The molecule has 3 aliphatic rings. The molecule has 1 N–H and O–H groups in total. The van der Waals surface area contributed by atoms with Crippen LogP contribution in [0.25, 0.3) is 0 Å². The average Bonchev–Trinajstić information content (AvgIpc) is 3.29. The van der Waals surface area contributed by atoms with E-state index in [9.17, 15) is 14.0 Å². The van der Waals surface area contributed by atoms with E-state index in [1.807, 2.05) is 24.8 Å². The van der Waals surface area contributed by atoms with Crippen molar-refractivity contribution < 1.29 is 18.7 Å². The van der Waals surface area contributed by atoms with Crippen molar-refractivity contribution in [1.29, 1.82) is 0 Å². The van der Waals surface area contributed by atoms with Gasteiger partial charge < -0.3 is 19.9 Å². The van der Waals surface area contributed by atoms with Crippen LogP contribution in [0.15, 0.2) is 59.4 Å². The Hall–Kier alpha value is -2.38. The molecule has 0 bridgehead atoms. The van der Waals surface area contributed by atoms with Crippen molar-refractivity contribution in [3.8, 4) is 0 Å². The zero-order valence-electron chi connectivity index (χ0n) is 20.0.